The van der Waals surface area contributed by atoms with Crippen molar-refractivity contribution in [2.24, 2.45) is 5.92 Å². The third kappa shape index (κ3) is 1.67. The van der Waals surface area contributed by atoms with E-state index in [1.54, 1.807) is 0 Å². The van der Waals surface area contributed by atoms with Crippen molar-refractivity contribution in [3.8, 4) is 0 Å². The smallest absolute Gasteiger partial charge is 0.0581 e. The van der Waals surface area contributed by atoms with Crippen LogP contribution in [0.3, 0.4) is 0 Å². The number of thioether (sulfide) groups is 1. The minimum atomic E-state index is 0.759. The molecule has 0 spiro atoms. The van der Waals surface area contributed by atoms with Crippen molar-refractivity contribution >= 4 is 11.8 Å². The van der Waals surface area contributed by atoms with Crippen LogP contribution in [0.2, 0.25) is 0 Å². The molecule has 0 aromatic rings. The van der Waals surface area contributed by atoms with Crippen LogP contribution < -0.4 is 0 Å². The molecule has 0 bridgehead atoms. The van der Waals surface area contributed by atoms with E-state index < -0.39 is 0 Å². The van der Waals surface area contributed by atoms with Crippen LogP contribution in [0, 0.1) is 5.92 Å². The summed E-state index contributed by atoms with van der Waals surface area (Å²) in [5, 5.41) is 1.59. The van der Waals surface area contributed by atoms with Gasteiger partial charge in [0.05, 0.1) is 5.37 Å². The molecule has 1 saturated heterocycles. The number of hydrogen-bond donors (Lipinski definition) is 0. The highest BCUT2D eigenvalue weighted by Crippen LogP contribution is 2.32. The van der Waals surface area contributed by atoms with Crippen molar-refractivity contribution < 1.29 is 0 Å². The minimum absolute atomic E-state index is 0.759. The first-order valence-corrected chi connectivity index (χ1v) is 4.91. The summed E-state index contributed by atoms with van der Waals surface area (Å²) < 4.78 is 0. The Morgan fingerprint density at radius 3 is 2.30 bits per heavy atom. The second-order valence-electron chi connectivity index (χ2n) is 3.52. The monoisotopic (exact) mass is 159 g/mol. The summed E-state index contributed by atoms with van der Waals surface area (Å²) in [5.41, 5.74) is 0. The molecule has 0 aromatic carbocycles. The van der Waals surface area contributed by atoms with E-state index in [9.17, 15) is 0 Å². The van der Waals surface area contributed by atoms with Gasteiger partial charge in [-0.3, -0.25) is 4.90 Å². The Kier molecular flexibility index (Phi) is 2.64. The van der Waals surface area contributed by atoms with E-state index in [4.69, 9.17) is 0 Å². The first kappa shape index (κ1) is 8.41. The third-order valence-electron chi connectivity index (χ3n) is 1.92. The quantitative estimate of drug-likeness (QED) is 0.576. The van der Waals surface area contributed by atoms with Gasteiger partial charge in [-0.25, -0.2) is 0 Å². The second-order valence-corrected chi connectivity index (χ2v) is 5.08. The zero-order chi connectivity index (χ0) is 7.72. The lowest BCUT2D eigenvalue weighted by Gasteiger charge is -2.21. The van der Waals surface area contributed by atoms with Crippen LogP contribution in [0.15, 0.2) is 0 Å². The number of hydrogen-bond acceptors (Lipinski definition) is 2. The molecule has 0 saturated carbocycles. The number of nitrogens with zero attached hydrogens (tertiary/aromatic N) is 1. The Balaban J connectivity index is 2.46. The third-order valence-corrected chi connectivity index (χ3v) is 3.72. The Morgan fingerprint density at radius 2 is 2.10 bits per heavy atom. The molecule has 1 aliphatic heterocycles. The summed E-state index contributed by atoms with van der Waals surface area (Å²) in [4.78, 5) is 2.46. The van der Waals surface area contributed by atoms with E-state index in [0.29, 0.717) is 0 Å². The van der Waals surface area contributed by atoms with E-state index in [2.05, 4.69) is 44.5 Å². The Bertz CT molecular complexity index is 114. The standard InChI is InChI=1S/C8H17NS/c1-6(2)8-9(4)5-7(3)10-8/h6-8H,5H2,1-4H3. The fraction of sp³-hybridized carbons (Fsp3) is 1.00. The average molecular weight is 159 g/mol. The topological polar surface area (TPSA) is 3.24 Å². The Hall–Kier alpha value is 0.310. The molecule has 0 radical (unpaired) electrons. The Labute approximate surface area is 68.2 Å². The zero-order valence-corrected chi connectivity index (χ0v) is 8.11. The van der Waals surface area contributed by atoms with E-state index in [1.807, 2.05) is 0 Å². The maximum Gasteiger partial charge on any atom is 0.0581 e. The molecule has 0 aromatic heterocycles. The van der Waals surface area contributed by atoms with E-state index >= 15 is 0 Å². The number of rotatable bonds is 1. The van der Waals surface area contributed by atoms with Gasteiger partial charge in [0.25, 0.3) is 0 Å². The molecule has 0 aliphatic carbocycles. The van der Waals surface area contributed by atoms with Crippen molar-refractivity contribution in [3.63, 3.8) is 0 Å². The molecule has 1 aliphatic rings. The van der Waals surface area contributed by atoms with Crippen LogP contribution in [0.4, 0.5) is 0 Å². The maximum atomic E-state index is 2.46. The summed E-state index contributed by atoms with van der Waals surface area (Å²) in [6, 6.07) is 0. The summed E-state index contributed by atoms with van der Waals surface area (Å²) in [5.74, 6) is 0.792. The predicted octanol–water partition coefficient (Wildman–Crippen LogP) is 2.04. The largest absolute Gasteiger partial charge is 0.293 e. The highest BCUT2D eigenvalue weighted by molar-refractivity contribution is 8.00. The van der Waals surface area contributed by atoms with Gasteiger partial charge in [-0.1, -0.05) is 20.8 Å². The minimum Gasteiger partial charge on any atom is -0.293 e. The molecule has 2 unspecified atom stereocenters. The highest BCUT2D eigenvalue weighted by atomic mass is 32.2. The first-order valence-electron chi connectivity index (χ1n) is 3.97. The summed E-state index contributed by atoms with van der Waals surface area (Å²) in [6.45, 7) is 8.16. The molecule has 0 amide bonds. The zero-order valence-electron chi connectivity index (χ0n) is 7.29. The summed E-state index contributed by atoms with van der Waals surface area (Å²) >= 11 is 2.11. The van der Waals surface area contributed by atoms with Gasteiger partial charge in [0, 0.05) is 11.8 Å². The highest BCUT2D eigenvalue weighted by Gasteiger charge is 2.28. The fourth-order valence-corrected chi connectivity index (χ4v) is 2.97. The van der Waals surface area contributed by atoms with E-state index in [-0.39, 0.29) is 0 Å². The van der Waals surface area contributed by atoms with Crippen molar-refractivity contribution in [3.05, 3.63) is 0 Å². The first-order chi connectivity index (χ1) is 4.61. The van der Waals surface area contributed by atoms with Crippen LogP contribution in [0.25, 0.3) is 0 Å². The second kappa shape index (κ2) is 3.14. The van der Waals surface area contributed by atoms with Gasteiger partial charge in [-0.15, -0.1) is 11.8 Å². The van der Waals surface area contributed by atoms with Crippen molar-refractivity contribution in [2.75, 3.05) is 13.6 Å². The van der Waals surface area contributed by atoms with Crippen LogP contribution in [0.1, 0.15) is 20.8 Å². The fourth-order valence-electron chi connectivity index (χ4n) is 1.56. The average Bonchev–Trinajstić information content (AvgIpc) is 2.10. The van der Waals surface area contributed by atoms with Crippen LogP contribution in [0.5, 0.6) is 0 Å². The molecule has 1 rings (SSSR count). The molecular formula is C8H17NS. The van der Waals surface area contributed by atoms with Gasteiger partial charge in [-0.05, 0) is 13.0 Å². The molecule has 0 N–H and O–H groups in total. The van der Waals surface area contributed by atoms with Gasteiger partial charge in [0.1, 0.15) is 0 Å². The molecular weight excluding hydrogens is 142 g/mol. The van der Waals surface area contributed by atoms with Gasteiger partial charge in [0.15, 0.2) is 0 Å². The van der Waals surface area contributed by atoms with Gasteiger partial charge in [0.2, 0.25) is 0 Å². The Morgan fingerprint density at radius 1 is 1.50 bits per heavy atom. The van der Waals surface area contributed by atoms with Crippen molar-refractivity contribution in [1.82, 2.24) is 4.90 Å². The van der Waals surface area contributed by atoms with Gasteiger partial charge >= 0.3 is 0 Å². The van der Waals surface area contributed by atoms with Crippen molar-refractivity contribution in [1.29, 1.82) is 0 Å². The summed E-state index contributed by atoms with van der Waals surface area (Å²) in [7, 11) is 2.22. The van der Waals surface area contributed by atoms with Crippen LogP contribution >= 0.6 is 11.8 Å². The normalized spacial score (nSPS) is 35.7. The molecule has 2 atom stereocenters. The molecule has 10 heavy (non-hydrogen) atoms. The van der Waals surface area contributed by atoms with Crippen LogP contribution in [-0.4, -0.2) is 29.1 Å². The molecule has 1 nitrogen and oxygen atoms in total. The maximum absolute atomic E-state index is 2.46. The van der Waals surface area contributed by atoms with Gasteiger partial charge in [-0.2, -0.15) is 0 Å². The lowest BCUT2D eigenvalue weighted by Crippen LogP contribution is -2.28. The molecule has 1 fully saturated rings. The van der Waals surface area contributed by atoms with Gasteiger partial charge < -0.3 is 0 Å². The SMILES string of the molecule is CC1CN(C)C(C(C)C)S1. The van der Waals surface area contributed by atoms with E-state index in [0.717, 1.165) is 16.5 Å². The molecule has 1 heterocycles. The van der Waals surface area contributed by atoms with Crippen molar-refractivity contribution in [2.45, 2.75) is 31.4 Å². The van der Waals surface area contributed by atoms with Crippen LogP contribution in [-0.2, 0) is 0 Å². The summed E-state index contributed by atoms with van der Waals surface area (Å²) in [6.07, 6.45) is 0. The lowest BCUT2D eigenvalue weighted by molar-refractivity contribution is 0.291. The molecule has 2 heteroatoms. The lowest BCUT2D eigenvalue weighted by atomic mass is 10.2. The predicted molar refractivity (Wildman–Crippen MR) is 48.3 cm³/mol. The molecule has 60 valence electrons. The van der Waals surface area contributed by atoms with E-state index in [1.165, 1.54) is 6.54 Å².